The summed E-state index contributed by atoms with van der Waals surface area (Å²) < 4.78 is 0. The molecule has 0 aliphatic heterocycles. The Balaban J connectivity index is 2.42. The number of anilines is 1. The van der Waals surface area contributed by atoms with Gasteiger partial charge in [-0.3, -0.25) is 5.43 Å². The molecule has 5 nitrogen and oxygen atoms in total. The van der Waals surface area contributed by atoms with E-state index in [-0.39, 0.29) is 5.95 Å². The van der Waals surface area contributed by atoms with Gasteiger partial charge in [-0.1, -0.05) is 29.8 Å². The number of rotatable bonds is 2. The molecular formula is C9H8ClN5. The average Bonchev–Trinajstić information content (AvgIpc) is 2.30. The van der Waals surface area contributed by atoms with Gasteiger partial charge in [-0.25, -0.2) is 10.8 Å². The number of nitrogens with one attached hydrogen (secondary N) is 1. The fourth-order valence-electron chi connectivity index (χ4n) is 1.13. The molecule has 0 amide bonds. The Labute approximate surface area is 91.3 Å². The molecular weight excluding hydrogens is 214 g/mol. The number of aromatic nitrogens is 3. The summed E-state index contributed by atoms with van der Waals surface area (Å²) >= 11 is 6.00. The van der Waals surface area contributed by atoms with Crippen molar-refractivity contribution in [2.45, 2.75) is 0 Å². The number of hydrazine groups is 1. The largest absolute Gasteiger partial charge is 0.291 e. The van der Waals surface area contributed by atoms with Gasteiger partial charge in [-0.05, 0) is 6.07 Å². The van der Waals surface area contributed by atoms with Gasteiger partial charge in [-0.15, -0.1) is 10.2 Å². The van der Waals surface area contributed by atoms with E-state index in [1.807, 2.05) is 18.2 Å². The van der Waals surface area contributed by atoms with Crippen LogP contribution in [0.4, 0.5) is 5.95 Å². The highest BCUT2D eigenvalue weighted by molar-refractivity contribution is 6.33. The Kier molecular flexibility index (Phi) is 2.75. The van der Waals surface area contributed by atoms with Crippen molar-refractivity contribution in [1.82, 2.24) is 15.2 Å². The maximum Gasteiger partial charge on any atom is 0.256 e. The highest BCUT2D eigenvalue weighted by atomic mass is 35.5. The number of benzene rings is 1. The van der Waals surface area contributed by atoms with Gasteiger partial charge in [0, 0.05) is 5.56 Å². The van der Waals surface area contributed by atoms with Crippen LogP contribution >= 0.6 is 11.6 Å². The first-order valence-corrected chi connectivity index (χ1v) is 4.60. The van der Waals surface area contributed by atoms with Gasteiger partial charge < -0.3 is 0 Å². The first-order valence-electron chi connectivity index (χ1n) is 4.22. The minimum Gasteiger partial charge on any atom is -0.291 e. The summed E-state index contributed by atoms with van der Waals surface area (Å²) in [7, 11) is 0. The number of nitrogens with zero attached hydrogens (tertiary/aromatic N) is 3. The molecule has 0 saturated carbocycles. The molecule has 0 aliphatic rings. The second-order valence-corrected chi connectivity index (χ2v) is 3.20. The lowest BCUT2D eigenvalue weighted by Crippen LogP contribution is -2.11. The van der Waals surface area contributed by atoms with E-state index in [1.165, 1.54) is 0 Å². The van der Waals surface area contributed by atoms with Crippen LogP contribution in [0.2, 0.25) is 5.02 Å². The molecule has 0 saturated heterocycles. The van der Waals surface area contributed by atoms with Crippen LogP contribution in [-0.2, 0) is 0 Å². The SMILES string of the molecule is NNc1ncc(-c2ccccc2Cl)nn1. The van der Waals surface area contributed by atoms with E-state index in [9.17, 15) is 0 Å². The molecule has 6 heteroatoms. The zero-order chi connectivity index (χ0) is 10.7. The van der Waals surface area contributed by atoms with Crippen molar-refractivity contribution in [3.05, 3.63) is 35.5 Å². The number of halogens is 1. The normalized spacial score (nSPS) is 10.0. The van der Waals surface area contributed by atoms with Gasteiger partial charge in [0.1, 0.15) is 5.69 Å². The minimum atomic E-state index is 0.269. The van der Waals surface area contributed by atoms with Crippen molar-refractivity contribution < 1.29 is 0 Å². The molecule has 1 aromatic heterocycles. The maximum absolute atomic E-state index is 6.00. The maximum atomic E-state index is 6.00. The summed E-state index contributed by atoms with van der Waals surface area (Å²) in [6.45, 7) is 0. The topological polar surface area (TPSA) is 76.7 Å². The molecule has 0 atom stereocenters. The van der Waals surface area contributed by atoms with Crippen LogP contribution in [0.5, 0.6) is 0 Å². The van der Waals surface area contributed by atoms with E-state index in [0.29, 0.717) is 10.7 Å². The van der Waals surface area contributed by atoms with Crippen molar-refractivity contribution in [2.24, 2.45) is 5.84 Å². The first-order chi connectivity index (χ1) is 7.31. The van der Waals surface area contributed by atoms with Crippen LogP contribution in [0.15, 0.2) is 30.5 Å². The molecule has 15 heavy (non-hydrogen) atoms. The summed E-state index contributed by atoms with van der Waals surface area (Å²) in [5.74, 6) is 5.40. The number of hydrogen-bond donors (Lipinski definition) is 2. The van der Waals surface area contributed by atoms with Gasteiger partial charge in [0.15, 0.2) is 0 Å². The van der Waals surface area contributed by atoms with Crippen molar-refractivity contribution in [2.75, 3.05) is 5.43 Å². The third kappa shape index (κ3) is 2.03. The highest BCUT2D eigenvalue weighted by Gasteiger charge is 2.04. The van der Waals surface area contributed by atoms with Gasteiger partial charge in [0.2, 0.25) is 0 Å². The van der Waals surface area contributed by atoms with Crippen LogP contribution < -0.4 is 11.3 Å². The molecule has 2 rings (SSSR count). The van der Waals surface area contributed by atoms with E-state index < -0.39 is 0 Å². The number of hydrogen-bond acceptors (Lipinski definition) is 5. The summed E-state index contributed by atoms with van der Waals surface area (Å²) in [6, 6.07) is 7.36. The Hall–Kier alpha value is -1.72. The van der Waals surface area contributed by atoms with E-state index in [4.69, 9.17) is 17.4 Å². The van der Waals surface area contributed by atoms with Gasteiger partial charge in [-0.2, -0.15) is 0 Å². The molecule has 76 valence electrons. The minimum absolute atomic E-state index is 0.269. The van der Waals surface area contributed by atoms with Gasteiger partial charge >= 0.3 is 0 Å². The van der Waals surface area contributed by atoms with Crippen LogP contribution in [-0.4, -0.2) is 15.2 Å². The lowest BCUT2D eigenvalue weighted by molar-refractivity contribution is 0.968. The van der Waals surface area contributed by atoms with Crippen molar-refractivity contribution in [1.29, 1.82) is 0 Å². The third-order valence-corrected chi connectivity index (χ3v) is 2.17. The zero-order valence-corrected chi connectivity index (χ0v) is 8.44. The quantitative estimate of drug-likeness (QED) is 0.593. The Morgan fingerprint density at radius 2 is 2.00 bits per heavy atom. The summed E-state index contributed by atoms with van der Waals surface area (Å²) in [5.41, 5.74) is 3.71. The summed E-state index contributed by atoms with van der Waals surface area (Å²) in [4.78, 5) is 3.95. The fraction of sp³-hybridized carbons (Fsp3) is 0. The third-order valence-electron chi connectivity index (χ3n) is 1.84. The summed E-state index contributed by atoms with van der Waals surface area (Å²) in [5, 5.41) is 8.31. The van der Waals surface area contributed by atoms with Crippen LogP contribution in [0.25, 0.3) is 11.3 Å². The predicted octanol–water partition coefficient (Wildman–Crippen LogP) is 1.48. The zero-order valence-electron chi connectivity index (χ0n) is 7.68. The van der Waals surface area contributed by atoms with E-state index in [1.54, 1.807) is 12.3 Å². The molecule has 0 bridgehead atoms. The highest BCUT2D eigenvalue weighted by Crippen LogP contribution is 2.24. The van der Waals surface area contributed by atoms with Gasteiger partial charge in [0.05, 0.1) is 11.2 Å². The molecule has 0 unspecified atom stereocenters. The van der Waals surface area contributed by atoms with Gasteiger partial charge in [0.25, 0.3) is 5.95 Å². The molecule has 2 aromatic rings. The van der Waals surface area contributed by atoms with Crippen LogP contribution in [0.3, 0.4) is 0 Å². The molecule has 1 heterocycles. The van der Waals surface area contributed by atoms with Crippen molar-refractivity contribution in [3.8, 4) is 11.3 Å². The molecule has 0 radical (unpaired) electrons. The predicted molar refractivity (Wildman–Crippen MR) is 58.1 cm³/mol. The lowest BCUT2D eigenvalue weighted by atomic mass is 10.2. The van der Waals surface area contributed by atoms with E-state index >= 15 is 0 Å². The molecule has 0 aliphatic carbocycles. The molecule has 3 N–H and O–H groups in total. The Morgan fingerprint density at radius 1 is 1.20 bits per heavy atom. The number of nitrogen functional groups attached to an aromatic ring is 1. The summed E-state index contributed by atoms with van der Waals surface area (Å²) in [6.07, 6.45) is 1.56. The van der Waals surface area contributed by atoms with E-state index in [2.05, 4.69) is 20.6 Å². The van der Waals surface area contributed by atoms with Crippen molar-refractivity contribution in [3.63, 3.8) is 0 Å². The molecule has 0 fully saturated rings. The second kappa shape index (κ2) is 4.20. The number of nitrogens with two attached hydrogens (primary N) is 1. The van der Waals surface area contributed by atoms with Crippen molar-refractivity contribution >= 4 is 17.5 Å². The average molecular weight is 222 g/mol. The lowest BCUT2D eigenvalue weighted by Gasteiger charge is -2.02. The fourth-order valence-corrected chi connectivity index (χ4v) is 1.37. The monoisotopic (exact) mass is 221 g/mol. The Morgan fingerprint density at radius 3 is 2.60 bits per heavy atom. The first kappa shape index (κ1) is 9.82. The molecule has 1 aromatic carbocycles. The van der Waals surface area contributed by atoms with E-state index in [0.717, 1.165) is 5.56 Å². The second-order valence-electron chi connectivity index (χ2n) is 2.79. The smallest absolute Gasteiger partial charge is 0.256 e. The van der Waals surface area contributed by atoms with Crippen LogP contribution in [0, 0.1) is 0 Å². The molecule has 0 spiro atoms. The Bertz CT molecular complexity index is 456. The van der Waals surface area contributed by atoms with Crippen LogP contribution in [0.1, 0.15) is 0 Å². The standard InChI is InChI=1S/C9H8ClN5/c10-7-4-2-1-3-6(7)8-5-12-9(13-11)15-14-8/h1-5H,11H2,(H,12,13,15).